The normalized spacial score (nSPS) is 50.0. The topological polar surface area (TPSA) is 194 Å². The van der Waals surface area contributed by atoms with E-state index in [0.29, 0.717) is 6.42 Å². The number of carbonyl (C=O) groups is 1. The molecule has 39 heavy (non-hydrogen) atoms. The Morgan fingerprint density at radius 1 is 0.897 bits per heavy atom. The van der Waals surface area contributed by atoms with Gasteiger partial charge in [0.05, 0.1) is 31.5 Å². The van der Waals surface area contributed by atoms with Gasteiger partial charge in [-0.25, -0.2) is 4.79 Å². The summed E-state index contributed by atoms with van der Waals surface area (Å²) in [6.07, 6.45) is -9.99. The van der Waals surface area contributed by atoms with Gasteiger partial charge in [0.15, 0.2) is 18.7 Å². The monoisotopic (exact) mass is 562 g/mol. The molecule has 3 saturated heterocycles. The van der Waals surface area contributed by atoms with E-state index in [9.17, 15) is 35.4 Å². The Morgan fingerprint density at radius 3 is 2.31 bits per heavy atom. The number of carboxylic acid groups (broad SMARTS) is 1. The molecule has 224 valence electrons. The fourth-order valence-electron chi connectivity index (χ4n) is 6.27. The minimum atomic E-state index is -1.47. The average molecular weight is 563 g/mol. The Morgan fingerprint density at radius 2 is 1.64 bits per heavy atom. The van der Waals surface area contributed by atoms with Crippen molar-refractivity contribution in [3.05, 3.63) is 0 Å². The van der Waals surface area contributed by atoms with Gasteiger partial charge >= 0.3 is 5.97 Å². The van der Waals surface area contributed by atoms with E-state index in [-0.39, 0.29) is 24.4 Å². The fraction of sp³-hybridized carbons (Fsp3) is 0.962. The molecule has 5 fully saturated rings. The lowest BCUT2D eigenvalue weighted by atomic mass is 9.85. The third kappa shape index (κ3) is 6.00. The van der Waals surface area contributed by atoms with Crippen molar-refractivity contribution in [3.8, 4) is 0 Å². The number of hydrogen-bond donors (Lipinski definition) is 6. The molecule has 0 bridgehead atoms. The summed E-state index contributed by atoms with van der Waals surface area (Å²) >= 11 is 0. The van der Waals surface area contributed by atoms with Crippen LogP contribution in [0.4, 0.5) is 0 Å². The molecule has 0 aromatic carbocycles. The van der Waals surface area contributed by atoms with Crippen molar-refractivity contribution < 1.29 is 63.9 Å². The summed E-state index contributed by atoms with van der Waals surface area (Å²) in [5.41, 5.74) is -0.307. The molecule has 13 nitrogen and oxygen atoms in total. The maximum Gasteiger partial charge on any atom is 0.332 e. The van der Waals surface area contributed by atoms with Crippen LogP contribution in [0.1, 0.15) is 52.4 Å². The van der Waals surface area contributed by atoms with Gasteiger partial charge in [0.1, 0.15) is 42.7 Å². The molecule has 2 saturated carbocycles. The van der Waals surface area contributed by atoms with E-state index in [1.54, 1.807) is 6.92 Å². The Hall–Kier alpha value is -0.970. The third-order valence-corrected chi connectivity index (χ3v) is 9.04. The lowest BCUT2D eigenvalue weighted by Gasteiger charge is -2.48. The molecule has 14 atom stereocenters. The van der Waals surface area contributed by atoms with E-state index in [4.69, 9.17) is 28.4 Å². The second-order valence-corrected chi connectivity index (χ2v) is 12.0. The van der Waals surface area contributed by atoms with Crippen LogP contribution in [0.5, 0.6) is 0 Å². The number of carboxylic acids is 1. The predicted octanol–water partition coefficient (Wildman–Crippen LogP) is -1.11. The molecule has 0 radical (unpaired) electrons. The molecule has 13 heteroatoms. The Bertz CT molecular complexity index is 854. The Labute approximate surface area is 226 Å². The molecule has 5 rings (SSSR count). The number of hydrogen-bond acceptors (Lipinski definition) is 12. The molecule has 1 spiro atoms. The van der Waals surface area contributed by atoms with Crippen LogP contribution in [0.2, 0.25) is 0 Å². The van der Waals surface area contributed by atoms with E-state index < -0.39 is 92.3 Å². The highest BCUT2D eigenvalue weighted by Crippen LogP contribution is 2.52. The van der Waals surface area contributed by atoms with Crippen molar-refractivity contribution in [2.45, 2.75) is 132 Å². The van der Waals surface area contributed by atoms with Crippen molar-refractivity contribution >= 4 is 5.97 Å². The van der Waals surface area contributed by atoms with Crippen molar-refractivity contribution in [2.24, 2.45) is 11.3 Å². The quantitative estimate of drug-likeness (QED) is 0.228. The van der Waals surface area contributed by atoms with Crippen LogP contribution in [0.3, 0.4) is 0 Å². The van der Waals surface area contributed by atoms with E-state index in [1.807, 2.05) is 6.92 Å². The fourth-order valence-corrected chi connectivity index (χ4v) is 6.27. The zero-order chi connectivity index (χ0) is 28.1. The molecule has 6 unspecified atom stereocenters. The summed E-state index contributed by atoms with van der Waals surface area (Å²) in [6, 6.07) is 0. The van der Waals surface area contributed by atoms with Gasteiger partial charge in [0.2, 0.25) is 0 Å². The van der Waals surface area contributed by atoms with Gasteiger partial charge in [0, 0.05) is 0 Å². The highest BCUT2D eigenvalue weighted by atomic mass is 16.7. The number of aliphatic carboxylic acids is 1. The summed E-state index contributed by atoms with van der Waals surface area (Å²) in [4.78, 5) is 12.0. The lowest BCUT2D eigenvalue weighted by molar-refractivity contribution is -0.356. The molecular formula is C26H42O13. The molecule has 5 aliphatic rings. The molecule has 6 N–H and O–H groups in total. The lowest BCUT2D eigenvalue weighted by Crippen LogP contribution is -2.64. The zero-order valence-corrected chi connectivity index (χ0v) is 22.3. The van der Waals surface area contributed by atoms with Crippen molar-refractivity contribution in [1.82, 2.24) is 0 Å². The SMILES string of the molecule is CC1O[C@@H](OC2[C@H](C)CCC[C@H]2O[C@@H]2OC(CO)[C@H](O)C3O[C@@H](C(=O)O)CC4(CC4)COC32)[C@@H](O)C(O)[C@@H]1O. The second-order valence-electron chi connectivity index (χ2n) is 12.0. The average Bonchev–Trinajstić information content (AvgIpc) is 3.66. The molecular weight excluding hydrogens is 520 g/mol. The molecule has 3 heterocycles. The number of ether oxygens (including phenoxy) is 6. The van der Waals surface area contributed by atoms with Gasteiger partial charge in [0.25, 0.3) is 0 Å². The first-order valence-corrected chi connectivity index (χ1v) is 14.0. The van der Waals surface area contributed by atoms with Gasteiger partial charge in [-0.3, -0.25) is 0 Å². The van der Waals surface area contributed by atoms with E-state index >= 15 is 0 Å². The number of rotatable bonds is 6. The van der Waals surface area contributed by atoms with Crippen LogP contribution in [-0.4, -0.2) is 130 Å². The van der Waals surface area contributed by atoms with Gasteiger partial charge in [-0.2, -0.15) is 0 Å². The summed E-state index contributed by atoms with van der Waals surface area (Å²) in [5.74, 6) is -1.15. The minimum absolute atomic E-state index is 0.0295. The summed E-state index contributed by atoms with van der Waals surface area (Å²) in [7, 11) is 0. The Balaban J connectivity index is 1.35. The van der Waals surface area contributed by atoms with Gasteiger partial charge in [-0.1, -0.05) is 13.3 Å². The van der Waals surface area contributed by atoms with E-state index in [0.717, 1.165) is 25.7 Å². The highest BCUT2D eigenvalue weighted by molar-refractivity contribution is 5.72. The summed E-state index contributed by atoms with van der Waals surface area (Å²) < 4.78 is 36.4. The van der Waals surface area contributed by atoms with Crippen LogP contribution < -0.4 is 0 Å². The van der Waals surface area contributed by atoms with Gasteiger partial charge < -0.3 is 59.1 Å². The molecule has 3 aliphatic heterocycles. The summed E-state index contributed by atoms with van der Waals surface area (Å²) in [6.45, 7) is 3.27. The minimum Gasteiger partial charge on any atom is -0.479 e. The molecule has 2 aliphatic carbocycles. The van der Waals surface area contributed by atoms with E-state index in [1.165, 1.54) is 0 Å². The molecule has 0 aromatic rings. The first kappa shape index (κ1) is 29.5. The highest BCUT2D eigenvalue weighted by Gasteiger charge is 2.56. The third-order valence-electron chi connectivity index (χ3n) is 9.04. The zero-order valence-electron chi connectivity index (χ0n) is 22.3. The number of aliphatic hydroxyl groups excluding tert-OH is 5. The predicted molar refractivity (Wildman–Crippen MR) is 129 cm³/mol. The molecule has 0 aromatic heterocycles. The number of aliphatic hydroxyl groups is 5. The standard InChI is InChI=1S/C26H42O13/c1-11-4-3-5-13(20(11)39-24-19(31)18(30)16(28)12(2)35-24)37-25-22-21(17(29)15(9-27)38-25)36-14(23(32)33)8-26(6-7-26)10-34-22/h11-22,24-25,27-31H,3-10H2,1-2H3,(H,32,33)/t11-,12?,13-,14-,15?,16-,17+,18?,19+,20?,21?,22?,24+,25-/m1/s1. The maximum atomic E-state index is 12.0. The largest absolute Gasteiger partial charge is 0.479 e. The van der Waals surface area contributed by atoms with Crippen LogP contribution in [0.15, 0.2) is 0 Å². The second kappa shape index (κ2) is 11.7. The number of fused-ring (bicyclic) bond motifs is 1. The van der Waals surface area contributed by atoms with Crippen molar-refractivity contribution in [3.63, 3.8) is 0 Å². The van der Waals surface area contributed by atoms with Gasteiger partial charge in [-0.05, 0) is 50.4 Å². The van der Waals surface area contributed by atoms with Crippen LogP contribution in [0.25, 0.3) is 0 Å². The summed E-state index contributed by atoms with van der Waals surface area (Å²) in [5, 5.41) is 61.4. The van der Waals surface area contributed by atoms with Crippen LogP contribution in [-0.2, 0) is 33.2 Å². The van der Waals surface area contributed by atoms with E-state index in [2.05, 4.69) is 0 Å². The first-order valence-electron chi connectivity index (χ1n) is 14.0. The van der Waals surface area contributed by atoms with Crippen molar-refractivity contribution in [1.29, 1.82) is 0 Å². The van der Waals surface area contributed by atoms with Crippen molar-refractivity contribution in [2.75, 3.05) is 13.2 Å². The van der Waals surface area contributed by atoms with Gasteiger partial charge in [-0.15, -0.1) is 0 Å². The molecule has 0 amide bonds. The first-order chi connectivity index (χ1) is 18.5. The maximum absolute atomic E-state index is 12.0. The smallest absolute Gasteiger partial charge is 0.332 e. The van der Waals surface area contributed by atoms with Crippen LogP contribution in [0, 0.1) is 11.3 Å². The Kier molecular flexibility index (Phi) is 8.87. The van der Waals surface area contributed by atoms with Crippen LogP contribution >= 0.6 is 0 Å².